The van der Waals surface area contributed by atoms with Crippen molar-refractivity contribution in [1.29, 1.82) is 0 Å². The summed E-state index contributed by atoms with van der Waals surface area (Å²) in [7, 11) is 0. The van der Waals surface area contributed by atoms with Crippen molar-refractivity contribution < 1.29 is 4.42 Å². The summed E-state index contributed by atoms with van der Waals surface area (Å²) in [6.07, 6.45) is 7.09. The maximum atomic E-state index is 5.39. The average molecular weight is 267 g/mol. The van der Waals surface area contributed by atoms with E-state index in [2.05, 4.69) is 29.1 Å². The van der Waals surface area contributed by atoms with Gasteiger partial charge in [-0.25, -0.2) is 4.98 Å². The molecule has 0 aliphatic heterocycles. The maximum Gasteiger partial charge on any atom is 0.139 e. The van der Waals surface area contributed by atoms with Crippen molar-refractivity contribution in [3.63, 3.8) is 0 Å². The maximum absolute atomic E-state index is 5.39. The highest BCUT2D eigenvalue weighted by molar-refractivity contribution is 5.87. The van der Waals surface area contributed by atoms with Crippen LogP contribution in [-0.4, -0.2) is 16.5 Å². The molecule has 3 aromatic rings. The van der Waals surface area contributed by atoms with E-state index < -0.39 is 0 Å². The van der Waals surface area contributed by atoms with Crippen LogP contribution in [0.2, 0.25) is 0 Å². The fourth-order valence-electron chi connectivity index (χ4n) is 2.25. The highest BCUT2D eigenvalue weighted by atomic mass is 16.3. The molecule has 0 spiro atoms. The number of aromatic nitrogens is 2. The van der Waals surface area contributed by atoms with Gasteiger partial charge in [0.1, 0.15) is 11.4 Å². The van der Waals surface area contributed by atoms with E-state index in [1.54, 1.807) is 12.5 Å². The van der Waals surface area contributed by atoms with Crippen LogP contribution in [0.3, 0.4) is 0 Å². The van der Waals surface area contributed by atoms with Gasteiger partial charge in [0.05, 0.1) is 11.6 Å². The van der Waals surface area contributed by atoms with Crippen LogP contribution in [0.5, 0.6) is 0 Å². The van der Waals surface area contributed by atoms with Gasteiger partial charge >= 0.3 is 0 Å². The third-order valence-corrected chi connectivity index (χ3v) is 3.54. The number of anilines is 1. The van der Waals surface area contributed by atoms with Crippen LogP contribution in [0, 0.1) is 0 Å². The Morgan fingerprint density at radius 2 is 1.90 bits per heavy atom. The third-order valence-electron chi connectivity index (χ3n) is 3.54. The summed E-state index contributed by atoms with van der Waals surface area (Å²) < 4.78 is 5.39. The van der Waals surface area contributed by atoms with Crippen molar-refractivity contribution in [2.24, 2.45) is 0 Å². The van der Waals surface area contributed by atoms with E-state index in [-0.39, 0.29) is 5.41 Å². The number of fused-ring (bicyclic) bond motifs is 1. The first kappa shape index (κ1) is 12.7. The van der Waals surface area contributed by atoms with Crippen molar-refractivity contribution >= 4 is 16.8 Å². The Morgan fingerprint density at radius 1 is 1.10 bits per heavy atom. The molecule has 0 aromatic carbocycles. The topological polar surface area (TPSA) is 51.0 Å². The second kappa shape index (κ2) is 4.96. The molecule has 0 fully saturated rings. The van der Waals surface area contributed by atoms with Crippen LogP contribution in [0.4, 0.5) is 5.82 Å². The molecule has 3 heterocycles. The average Bonchev–Trinajstić information content (AvgIpc) is 2.95. The smallest absolute Gasteiger partial charge is 0.139 e. The molecule has 102 valence electrons. The largest absolute Gasteiger partial charge is 0.464 e. The van der Waals surface area contributed by atoms with E-state index in [9.17, 15) is 0 Å². The molecule has 0 amide bonds. The zero-order valence-electron chi connectivity index (χ0n) is 11.6. The molecule has 1 N–H and O–H groups in total. The minimum Gasteiger partial charge on any atom is -0.464 e. The molecule has 0 aliphatic rings. The summed E-state index contributed by atoms with van der Waals surface area (Å²) in [6.45, 7) is 5.18. The lowest BCUT2D eigenvalue weighted by Gasteiger charge is -2.25. The molecule has 0 aliphatic carbocycles. The van der Waals surface area contributed by atoms with Crippen molar-refractivity contribution in [2.45, 2.75) is 19.3 Å². The van der Waals surface area contributed by atoms with Gasteiger partial charge in [-0.3, -0.25) is 4.98 Å². The summed E-state index contributed by atoms with van der Waals surface area (Å²) >= 11 is 0. The normalized spacial score (nSPS) is 11.7. The van der Waals surface area contributed by atoms with Gasteiger partial charge in [0.25, 0.3) is 0 Å². The predicted molar refractivity (Wildman–Crippen MR) is 79.8 cm³/mol. The molecule has 0 radical (unpaired) electrons. The Bertz CT molecular complexity index is 704. The number of furan rings is 1. The summed E-state index contributed by atoms with van der Waals surface area (Å²) in [4.78, 5) is 8.46. The van der Waals surface area contributed by atoms with Crippen molar-refractivity contribution in [3.8, 4) is 0 Å². The fourth-order valence-corrected chi connectivity index (χ4v) is 2.25. The summed E-state index contributed by atoms with van der Waals surface area (Å²) in [5.41, 5.74) is 2.10. The minimum absolute atomic E-state index is 0.00345. The van der Waals surface area contributed by atoms with Crippen molar-refractivity contribution in [1.82, 2.24) is 9.97 Å². The van der Waals surface area contributed by atoms with E-state index in [4.69, 9.17) is 4.42 Å². The molecule has 0 atom stereocenters. The second-order valence-electron chi connectivity index (χ2n) is 5.47. The van der Waals surface area contributed by atoms with Crippen LogP contribution in [0.1, 0.15) is 19.4 Å². The molecule has 4 heteroatoms. The Morgan fingerprint density at radius 3 is 2.70 bits per heavy atom. The van der Waals surface area contributed by atoms with Gasteiger partial charge < -0.3 is 9.73 Å². The number of hydrogen-bond acceptors (Lipinski definition) is 4. The van der Waals surface area contributed by atoms with Gasteiger partial charge in [-0.15, -0.1) is 0 Å². The number of pyridine rings is 2. The molecule has 0 saturated heterocycles. The lowest BCUT2D eigenvalue weighted by molar-refractivity contribution is 0.555. The van der Waals surface area contributed by atoms with E-state index in [1.165, 1.54) is 5.56 Å². The molecule has 0 unspecified atom stereocenters. The predicted octanol–water partition coefficient (Wildman–Crippen LogP) is 3.61. The number of rotatable bonds is 4. The lowest BCUT2D eigenvalue weighted by atomic mass is 9.85. The highest BCUT2D eigenvalue weighted by Crippen LogP contribution is 2.26. The zero-order valence-corrected chi connectivity index (χ0v) is 11.6. The van der Waals surface area contributed by atoms with Crippen LogP contribution < -0.4 is 5.32 Å². The van der Waals surface area contributed by atoms with Gasteiger partial charge in [-0.05, 0) is 29.8 Å². The number of nitrogens with zero attached hydrogens (tertiary/aromatic N) is 2. The first-order valence-electron chi connectivity index (χ1n) is 6.63. The van der Waals surface area contributed by atoms with E-state index in [0.29, 0.717) is 0 Å². The van der Waals surface area contributed by atoms with Gasteiger partial charge in [-0.2, -0.15) is 0 Å². The van der Waals surface area contributed by atoms with E-state index in [1.807, 2.05) is 36.7 Å². The molecular weight excluding hydrogens is 250 g/mol. The van der Waals surface area contributed by atoms with Crippen LogP contribution in [0.15, 0.2) is 53.5 Å². The van der Waals surface area contributed by atoms with Crippen molar-refractivity contribution in [3.05, 3.63) is 54.7 Å². The Hall–Kier alpha value is -2.36. The molecule has 20 heavy (non-hydrogen) atoms. The Labute approximate surface area is 117 Å². The molecule has 3 rings (SSSR count). The minimum atomic E-state index is -0.00345. The van der Waals surface area contributed by atoms with Gasteiger partial charge in [0, 0.05) is 30.6 Å². The highest BCUT2D eigenvalue weighted by Gasteiger charge is 2.20. The second-order valence-corrected chi connectivity index (χ2v) is 5.47. The molecule has 0 bridgehead atoms. The Kier molecular flexibility index (Phi) is 3.14. The van der Waals surface area contributed by atoms with Crippen LogP contribution in [-0.2, 0) is 5.41 Å². The van der Waals surface area contributed by atoms with Crippen LogP contribution >= 0.6 is 0 Å². The van der Waals surface area contributed by atoms with E-state index in [0.717, 1.165) is 23.3 Å². The summed E-state index contributed by atoms with van der Waals surface area (Å²) in [6, 6.07) is 7.90. The first-order chi connectivity index (χ1) is 9.67. The molecule has 4 nitrogen and oxygen atoms in total. The fraction of sp³-hybridized carbons (Fsp3) is 0.250. The number of nitrogens with one attached hydrogen (secondary N) is 1. The summed E-state index contributed by atoms with van der Waals surface area (Å²) in [5.74, 6) is 0.860. The third kappa shape index (κ3) is 2.37. The molecule has 0 saturated carbocycles. The van der Waals surface area contributed by atoms with Gasteiger partial charge in [0.2, 0.25) is 0 Å². The van der Waals surface area contributed by atoms with Gasteiger partial charge in [-0.1, -0.05) is 13.8 Å². The molecule has 3 aromatic heterocycles. The zero-order chi connectivity index (χ0) is 14.0. The SMILES string of the molecule is CC(C)(CNc1nccc2occc12)c1ccncc1. The quantitative estimate of drug-likeness (QED) is 0.784. The molecular formula is C16H17N3O. The number of hydrogen-bond donors (Lipinski definition) is 1. The Balaban J connectivity index is 1.81. The lowest BCUT2D eigenvalue weighted by Crippen LogP contribution is -2.27. The summed E-state index contributed by atoms with van der Waals surface area (Å²) in [5, 5.41) is 4.43. The van der Waals surface area contributed by atoms with Gasteiger partial charge in [0.15, 0.2) is 0 Å². The first-order valence-corrected chi connectivity index (χ1v) is 6.63. The monoisotopic (exact) mass is 267 g/mol. The van der Waals surface area contributed by atoms with E-state index >= 15 is 0 Å². The van der Waals surface area contributed by atoms with Crippen LogP contribution in [0.25, 0.3) is 11.0 Å². The standard InChI is InChI=1S/C16H17N3O/c1-16(2,12-3-7-17-8-4-12)11-19-15-13-6-10-20-14(13)5-9-18-15/h3-10H,11H2,1-2H3,(H,18,19). The van der Waals surface area contributed by atoms with Crippen molar-refractivity contribution in [2.75, 3.05) is 11.9 Å².